The summed E-state index contributed by atoms with van der Waals surface area (Å²) in [5.74, 6) is 0.324. The van der Waals surface area contributed by atoms with E-state index in [0.29, 0.717) is 35.9 Å². The number of carbonyl (C=O) groups is 2. The van der Waals surface area contributed by atoms with Crippen LogP contribution in [0.3, 0.4) is 0 Å². The minimum absolute atomic E-state index is 0.0135. The number of carbonyl (C=O) groups excluding carboxylic acids is 2. The summed E-state index contributed by atoms with van der Waals surface area (Å²) in [4.78, 5) is 41.9. The molecule has 0 saturated carbocycles. The molecule has 1 aliphatic heterocycles. The molecule has 3 heterocycles. The van der Waals surface area contributed by atoms with Crippen molar-refractivity contribution >= 4 is 17.8 Å². The molecule has 1 unspecified atom stereocenters. The minimum atomic E-state index is -0.186. The van der Waals surface area contributed by atoms with Crippen molar-refractivity contribution in [3.8, 4) is 0 Å². The van der Waals surface area contributed by atoms with E-state index in [1.54, 1.807) is 30.7 Å². The molecule has 1 atom stereocenters. The van der Waals surface area contributed by atoms with Gasteiger partial charge in [-0.05, 0) is 32.4 Å². The number of anilines is 1. The van der Waals surface area contributed by atoms with Crippen LogP contribution in [0, 0.1) is 0 Å². The van der Waals surface area contributed by atoms with Gasteiger partial charge in [0.2, 0.25) is 5.95 Å². The first-order valence-corrected chi connectivity index (χ1v) is 9.41. The second-order valence-corrected chi connectivity index (χ2v) is 7.46. The third-order valence-electron chi connectivity index (χ3n) is 4.66. The topological polar surface area (TPSA) is 91.3 Å². The second kappa shape index (κ2) is 8.33. The number of amides is 2. The van der Waals surface area contributed by atoms with Gasteiger partial charge in [-0.15, -0.1) is 0 Å². The smallest absolute Gasteiger partial charge is 0.254 e. The molecule has 1 fully saturated rings. The van der Waals surface area contributed by atoms with Crippen LogP contribution in [-0.4, -0.2) is 64.9 Å². The summed E-state index contributed by atoms with van der Waals surface area (Å²) >= 11 is 0. The van der Waals surface area contributed by atoms with Crippen molar-refractivity contribution in [3.05, 3.63) is 47.5 Å². The molecule has 0 radical (unpaired) electrons. The maximum Gasteiger partial charge on any atom is 0.254 e. The van der Waals surface area contributed by atoms with E-state index in [2.05, 4.69) is 20.3 Å². The molecule has 2 aromatic heterocycles. The molecular formula is C20H26N6O2. The number of aromatic nitrogens is 3. The molecule has 0 spiro atoms. The van der Waals surface area contributed by atoms with E-state index >= 15 is 0 Å². The summed E-state index contributed by atoms with van der Waals surface area (Å²) in [6, 6.07) is 3.44. The van der Waals surface area contributed by atoms with Gasteiger partial charge < -0.3 is 15.1 Å². The number of nitrogens with zero attached hydrogens (tertiary/aromatic N) is 5. The Labute approximate surface area is 165 Å². The monoisotopic (exact) mass is 382 g/mol. The summed E-state index contributed by atoms with van der Waals surface area (Å²) in [5.41, 5.74) is 1.79. The molecule has 0 aliphatic carbocycles. The number of pyridine rings is 1. The predicted octanol–water partition coefficient (Wildman–Crippen LogP) is 1.71. The molecular weight excluding hydrogens is 356 g/mol. The summed E-state index contributed by atoms with van der Waals surface area (Å²) in [5, 5.41) is 2.91. The molecule has 148 valence electrons. The van der Waals surface area contributed by atoms with Gasteiger partial charge in [0.05, 0.1) is 11.3 Å². The number of rotatable bonds is 5. The zero-order chi connectivity index (χ0) is 20.3. The molecule has 3 rings (SSSR count). The highest BCUT2D eigenvalue weighted by Crippen LogP contribution is 2.30. The third-order valence-corrected chi connectivity index (χ3v) is 4.66. The fourth-order valence-electron chi connectivity index (χ4n) is 3.27. The number of hydrogen-bond donors (Lipinski definition) is 1. The third kappa shape index (κ3) is 4.27. The first kappa shape index (κ1) is 19.7. The Balaban J connectivity index is 1.86. The summed E-state index contributed by atoms with van der Waals surface area (Å²) in [7, 11) is 3.72. The van der Waals surface area contributed by atoms with Crippen LogP contribution >= 0.6 is 0 Å². The Morgan fingerprint density at radius 3 is 2.61 bits per heavy atom. The van der Waals surface area contributed by atoms with Crippen molar-refractivity contribution in [1.29, 1.82) is 0 Å². The lowest BCUT2D eigenvalue weighted by Crippen LogP contribution is -2.32. The van der Waals surface area contributed by atoms with Gasteiger partial charge in [-0.2, -0.15) is 0 Å². The first-order chi connectivity index (χ1) is 13.4. The Kier molecular flexibility index (Phi) is 5.87. The van der Waals surface area contributed by atoms with Crippen molar-refractivity contribution in [1.82, 2.24) is 25.2 Å². The molecule has 1 saturated heterocycles. The van der Waals surface area contributed by atoms with E-state index in [4.69, 9.17) is 0 Å². The van der Waals surface area contributed by atoms with Gasteiger partial charge in [0.15, 0.2) is 0 Å². The van der Waals surface area contributed by atoms with E-state index < -0.39 is 0 Å². The van der Waals surface area contributed by atoms with E-state index in [1.165, 1.54) is 0 Å². The normalized spacial score (nSPS) is 16.3. The fraction of sp³-hybridized carbons (Fsp3) is 0.450. The average Bonchev–Trinajstić information content (AvgIpc) is 3.17. The highest BCUT2D eigenvalue weighted by Gasteiger charge is 2.32. The average molecular weight is 382 g/mol. The van der Waals surface area contributed by atoms with Crippen molar-refractivity contribution in [3.63, 3.8) is 0 Å². The van der Waals surface area contributed by atoms with Gasteiger partial charge >= 0.3 is 0 Å². The molecule has 8 heteroatoms. The highest BCUT2D eigenvalue weighted by molar-refractivity contribution is 5.96. The molecule has 1 aliphatic rings. The standard InChI is InChI=1S/C20H26N6O2/c1-13(2)23-18(27)16-11-22-20(25(3)4)24-17(16)15-7-10-26(12-15)19(28)14-5-8-21-9-6-14/h5-6,8-9,11,13,15H,7,10,12H2,1-4H3,(H,23,27). The molecule has 8 nitrogen and oxygen atoms in total. The van der Waals surface area contributed by atoms with Crippen LogP contribution in [0.15, 0.2) is 30.7 Å². The van der Waals surface area contributed by atoms with Gasteiger partial charge in [-0.1, -0.05) is 0 Å². The van der Waals surface area contributed by atoms with Crippen LogP contribution in [0.5, 0.6) is 0 Å². The quantitative estimate of drug-likeness (QED) is 0.846. The van der Waals surface area contributed by atoms with Gasteiger partial charge in [-0.3, -0.25) is 14.6 Å². The minimum Gasteiger partial charge on any atom is -0.350 e. The SMILES string of the molecule is CC(C)NC(=O)c1cnc(N(C)C)nc1C1CCN(C(=O)c2ccncc2)C1. The summed E-state index contributed by atoms with van der Waals surface area (Å²) in [6.45, 7) is 4.97. The Hall–Kier alpha value is -3.03. The van der Waals surface area contributed by atoms with Gasteiger partial charge in [0.1, 0.15) is 0 Å². The van der Waals surface area contributed by atoms with Crippen LogP contribution in [0.2, 0.25) is 0 Å². The van der Waals surface area contributed by atoms with Gasteiger partial charge in [0, 0.05) is 63.3 Å². The lowest BCUT2D eigenvalue weighted by Gasteiger charge is -2.19. The van der Waals surface area contributed by atoms with E-state index in [-0.39, 0.29) is 23.8 Å². The molecule has 2 aromatic rings. The summed E-state index contributed by atoms with van der Waals surface area (Å²) in [6.07, 6.45) is 5.57. The molecule has 0 bridgehead atoms. The molecule has 2 amide bonds. The Morgan fingerprint density at radius 2 is 1.96 bits per heavy atom. The Morgan fingerprint density at radius 1 is 1.25 bits per heavy atom. The van der Waals surface area contributed by atoms with Gasteiger partial charge in [-0.25, -0.2) is 9.97 Å². The van der Waals surface area contributed by atoms with Crippen LogP contribution < -0.4 is 10.2 Å². The van der Waals surface area contributed by atoms with Crippen molar-refractivity contribution in [2.24, 2.45) is 0 Å². The van der Waals surface area contributed by atoms with Crippen LogP contribution in [0.25, 0.3) is 0 Å². The van der Waals surface area contributed by atoms with Gasteiger partial charge in [0.25, 0.3) is 11.8 Å². The second-order valence-electron chi connectivity index (χ2n) is 7.46. The van der Waals surface area contributed by atoms with E-state index in [9.17, 15) is 9.59 Å². The zero-order valence-electron chi connectivity index (χ0n) is 16.7. The molecule has 1 N–H and O–H groups in total. The lowest BCUT2D eigenvalue weighted by molar-refractivity contribution is 0.0790. The molecule has 28 heavy (non-hydrogen) atoms. The van der Waals surface area contributed by atoms with Crippen molar-refractivity contribution < 1.29 is 9.59 Å². The Bertz CT molecular complexity index is 853. The largest absolute Gasteiger partial charge is 0.350 e. The highest BCUT2D eigenvalue weighted by atomic mass is 16.2. The zero-order valence-corrected chi connectivity index (χ0v) is 16.7. The summed E-state index contributed by atoms with van der Waals surface area (Å²) < 4.78 is 0. The van der Waals surface area contributed by atoms with Crippen molar-refractivity contribution in [2.45, 2.75) is 32.2 Å². The van der Waals surface area contributed by atoms with Crippen LogP contribution in [0.1, 0.15) is 52.6 Å². The number of likely N-dealkylation sites (tertiary alicyclic amines) is 1. The molecule has 0 aromatic carbocycles. The first-order valence-electron chi connectivity index (χ1n) is 9.41. The van der Waals surface area contributed by atoms with E-state index in [1.807, 2.05) is 37.7 Å². The number of hydrogen-bond acceptors (Lipinski definition) is 6. The van der Waals surface area contributed by atoms with Crippen LogP contribution in [0.4, 0.5) is 5.95 Å². The number of nitrogens with one attached hydrogen (secondary N) is 1. The predicted molar refractivity (Wildman–Crippen MR) is 106 cm³/mol. The maximum absolute atomic E-state index is 12.7. The maximum atomic E-state index is 12.7. The van der Waals surface area contributed by atoms with Crippen LogP contribution in [-0.2, 0) is 0 Å². The van der Waals surface area contributed by atoms with Crippen molar-refractivity contribution in [2.75, 3.05) is 32.1 Å². The van der Waals surface area contributed by atoms with E-state index in [0.717, 1.165) is 6.42 Å². The lowest BCUT2D eigenvalue weighted by atomic mass is 9.99. The fourth-order valence-corrected chi connectivity index (χ4v) is 3.27.